The number of halogens is 1. The van der Waals surface area contributed by atoms with Gasteiger partial charge >= 0.3 is 0 Å². The molecule has 0 bridgehead atoms. The molecule has 1 saturated carbocycles. The number of aliphatic imine (C=N–C) groups is 1. The molecule has 0 heterocycles. The van der Waals surface area contributed by atoms with Gasteiger partial charge in [0.2, 0.25) is 5.91 Å². The van der Waals surface area contributed by atoms with Crippen molar-refractivity contribution in [2.24, 2.45) is 10.9 Å². The van der Waals surface area contributed by atoms with Crippen molar-refractivity contribution in [3.05, 3.63) is 39.9 Å². The van der Waals surface area contributed by atoms with Crippen LogP contribution in [0.2, 0.25) is 0 Å². The number of hydrogen-bond acceptors (Lipinski definition) is 4. The van der Waals surface area contributed by atoms with Crippen LogP contribution in [0.5, 0.6) is 0 Å². The lowest BCUT2D eigenvalue weighted by Gasteiger charge is -2.28. The Morgan fingerprint density at radius 1 is 1.21 bits per heavy atom. The molecule has 8 nitrogen and oxygen atoms in total. The first-order valence-corrected chi connectivity index (χ1v) is 9.33. The molecule has 2 rings (SSSR count). The number of likely N-dealkylation sites (N-methyl/N-ethyl adjacent to an activating group) is 1. The molecule has 0 aromatic heterocycles. The molecule has 2 N–H and O–H groups in total. The summed E-state index contributed by atoms with van der Waals surface area (Å²) in [5.74, 6) is 1.33. The van der Waals surface area contributed by atoms with Gasteiger partial charge < -0.3 is 15.5 Å². The minimum atomic E-state index is -0.418. The van der Waals surface area contributed by atoms with Crippen molar-refractivity contribution in [2.75, 3.05) is 20.6 Å². The SMILES string of the molecule is CC1CCC(NC(=NCc2ccc([N+](=O)[O-])cc2)NCC(=O)N(C)C)CC1.I. The second kappa shape index (κ2) is 11.8. The van der Waals surface area contributed by atoms with E-state index in [4.69, 9.17) is 0 Å². The van der Waals surface area contributed by atoms with Crippen molar-refractivity contribution in [3.63, 3.8) is 0 Å². The number of nitro benzene ring substituents is 1. The summed E-state index contributed by atoms with van der Waals surface area (Å²) >= 11 is 0. The summed E-state index contributed by atoms with van der Waals surface area (Å²) in [5, 5.41) is 17.3. The molecule has 1 aromatic carbocycles. The summed E-state index contributed by atoms with van der Waals surface area (Å²) in [5.41, 5.74) is 0.935. The molecule has 1 aliphatic rings. The third-order valence-electron chi connectivity index (χ3n) is 4.83. The molecule has 28 heavy (non-hydrogen) atoms. The molecule has 1 aliphatic carbocycles. The van der Waals surface area contributed by atoms with E-state index in [1.54, 1.807) is 26.2 Å². The molecule has 156 valence electrons. The molecule has 9 heteroatoms. The Kier molecular flexibility index (Phi) is 10.2. The van der Waals surface area contributed by atoms with E-state index in [0.717, 1.165) is 24.3 Å². The van der Waals surface area contributed by atoms with E-state index < -0.39 is 4.92 Å². The number of rotatable bonds is 6. The highest BCUT2D eigenvalue weighted by Gasteiger charge is 2.19. The lowest BCUT2D eigenvalue weighted by molar-refractivity contribution is -0.384. The van der Waals surface area contributed by atoms with E-state index in [-0.39, 0.29) is 42.1 Å². The maximum atomic E-state index is 11.9. The van der Waals surface area contributed by atoms with Crippen LogP contribution in [-0.4, -0.2) is 48.4 Å². The monoisotopic (exact) mass is 503 g/mol. The number of hydrogen-bond donors (Lipinski definition) is 2. The zero-order chi connectivity index (χ0) is 19.8. The highest BCUT2D eigenvalue weighted by Crippen LogP contribution is 2.23. The fourth-order valence-corrected chi connectivity index (χ4v) is 2.96. The van der Waals surface area contributed by atoms with Crippen LogP contribution < -0.4 is 10.6 Å². The Bertz CT molecular complexity index is 671. The smallest absolute Gasteiger partial charge is 0.269 e. The normalized spacial score (nSPS) is 19.3. The highest BCUT2D eigenvalue weighted by molar-refractivity contribution is 14.0. The highest BCUT2D eigenvalue weighted by atomic mass is 127. The Morgan fingerprint density at radius 2 is 1.82 bits per heavy atom. The maximum absolute atomic E-state index is 11.9. The number of carbonyl (C=O) groups excluding carboxylic acids is 1. The first-order chi connectivity index (χ1) is 12.8. The summed E-state index contributed by atoms with van der Waals surface area (Å²) in [6.45, 7) is 2.82. The van der Waals surface area contributed by atoms with Crippen LogP contribution in [0.4, 0.5) is 5.69 Å². The van der Waals surface area contributed by atoms with Crippen molar-refractivity contribution in [1.29, 1.82) is 0 Å². The average molecular weight is 503 g/mol. The van der Waals surface area contributed by atoms with Crippen LogP contribution in [0.15, 0.2) is 29.3 Å². The minimum Gasteiger partial charge on any atom is -0.354 e. The van der Waals surface area contributed by atoms with Crippen molar-refractivity contribution >= 4 is 41.5 Å². The fraction of sp³-hybridized carbons (Fsp3) is 0.579. The summed E-state index contributed by atoms with van der Waals surface area (Å²) in [7, 11) is 3.43. The van der Waals surface area contributed by atoms with Crippen molar-refractivity contribution in [3.8, 4) is 0 Å². The van der Waals surface area contributed by atoms with Gasteiger partial charge in [-0.3, -0.25) is 14.9 Å². The molecule has 1 amide bonds. The summed E-state index contributed by atoms with van der Waals surface area (Å²) < 4.78 is 0. The largest absolute Gasteiger partial charge is 0.354 e. The number of nitro groups is 1. The molecule has 0 saturated heterocycles. The molecule has 0 spiro atoms. The Balaban J connectivity index is 0.00000392. The van der Waals surface area contributed by atoms with Crippen LogP contribution in [0.25, 0.3) is 0 Å². The topological polar surface area (TPSA) is 99.9 Å². The van der Waals surface area contributed by atoms with Gasteiger partial charge in [0.15, 0.2) is 5.96 Å². The van der Waals surface area contributed by atoms with Crippen LogP contribution in [0.3, 0.4) is 0 Å². The minimum absolute atomic E-state index is 0. The van der Waals surface area contributed by atoms with Crippen LogP contribution in [0, 0.1) is 16.0 Å². The predicted octanol–water partition coefficient (Wildman–Crippen LogP) is 2.91. The van der Waals surface area contributed by atoms with E-state index in [1.807, 2.05) is 0 Å². The Morgan fingerprint density at radius 3 is 2.36 bits per heavy atom. The van der Waals surface area contributed by atoms with Crippen LogP contribution in [-0.2, 0) is 11.3 Å². The van der Waals surface area contributed by atoms with E-state index >= 15 is 0 Å². The van der Waals surface area contributed by atoms with Crippen LogP contribution >= 0.6 is 24.0 Å². The van der Waals surface area contributed by atoms with Gasteiger partial charge in [0.1, 0.15) is 0 Å². The predicted molar refractivity (Wildman–Crippen MR) is 121 cm³/mol. The van der Waals surface area contributed by atoms with E-state index in [0.29, 0.717) is 18.5 Å². The molecule has 0 unspecified atom stereocenters. The Labute approximate surface area is 183 Å². The van der Waals surface area contributed by atoms with Crippen molar-refractivity contribution < 1.29 is 9.72 Å². The molecular formula is C19H30IN5O3. The number of guanidine groups is 1. The molecular weight excluding hydrogens is 473 g/mol. The molecule has 0 aliphatic heterocycles. The van der Waals surface area contributed by atoms with E-state index in [2.05, 4.69) is 22.5 Å². The first-order valence-electron chi connectivity index (χ1n) is 9.33. The third-order valence-corrected chi connectivity index (χ3v) is 4.83. The van der Waals surface area contributed by atoms with Gasteiger partial charge in [0, 0.05) is 32.3 Å². The molecule has 1 fully saturated rings. The number of carbonyl (C=O) groups is 1. The van der Waals surface area contributed by atoms with Gasteiger partial charge in [-0.15, -0.1) is 24.0 Å². The Hall–Kier alpha value is -1.91. The second-order valence-corrected chi connectivity index (χ2v) is 7.33. The lowest BCUT2D eigenvalue weighted by Crippen LogP contribution is -2.47. The number of amides is 1. The number of benzene rings is 1. The zero-order valence-electron chi connectivity index (χ0n) is 16.7. The number of non-ortho nitro benzene ring substituents is 1. The quantitative estimate of drug-likeness (QED) is 0.205. The van der Waals surface area contributed by atoms with Gasteiger partial charge in [-0.2, -0.15) is 0 Å². The number of nitrogens with zero attached hydrogens (tertiary/aromatic N) is 3. The van der Waals surface area contributed by atoms with Gasteiger partial charge in [-0.25, -0.2) is 4.99 Å². The van der Waals surface area contributed by atoms with E-state index in [1.165, 1.54) is 29.9 Å². The van der Waals surface area contributed by atoms with Gasteiger partial charge in [-0.05, 0) is 37.2 Å². The lowest BCUT2D eigenvalue weighted by atomic mass is 9.87. The van der Waals surface area contributed by atoms with Gasteiger partial charge in [0.05, 0.1) is 18.0 Å². The third kappa shape index (κ3) is 7.99. The summed E-state index contributed by atoms with van der Waals surface area (Å²) in [6, 6.07) is 6.70. The fourth-order valence-electron chi connectivity index (χ4n) is 2.96. The summed E-state index contributed by atoms with van der Waals surface area (Å²) in [6.07, 6.45) is 4.54. The number of nitrogens with one attached hydrogen (secondary N) is 2. The standard InChI is InChI=1S/C19H29N5O3.HI/c1-14-4-8-16(9-5-14)22-19(21-13-18(25)23(2)3)20-12-15-6-10-17(11-7-15)24(26)27;/h6-7,10-11,14,16H,4-5,8-9,12-13H2,1-3H3,(H2,20,21,22);1H. The van der Waals surface area contributed by atoms with Crippen LogP contribution in [0.1, 0.15) is 38.2 Å². The summed E-state index contributed by atoms with van der Waals surface area (Å²) in [4.78, 5) is 28.3. The van der Waals surface area contributed by atoms with Crippen molar-refractivity contribution in [1.82, 2.24) is 15.5 Å². The van der Waals surface area contributed by atoms with E-state index in [9.17, 15) is 14.9 Å². The van der Waals surface area contributed by atoms with Crippen molar-refractivity contribution in [2.45, 2.75) is 45.2 Å². The first kappa shape index (κ1) is 24.1. The zero-order valence-corrected chi connectivity index (χ0v) is 19.0. The molecule has 1 aromatic rings. The maximum Gasteiger partial charge on any atom is 0.269 e. The molecule has 0 radical (unpaired) electrons. The van der Waals surface area contributed by atoms with Gasteiger partial charge in [-0.1, -0.05) is 19.1 Å². The van der Waals surface area contributed by atoms with Gasteiger partial charge in [0.25, 0.3) is 5.69 Å². The second-order valence-electron chi connectivity index (χ2n) is 7.33. The average Bonchev–Trinajstić information content (AvgIpc) is 2.65. The molecule has 0 atom stereocenters.